The van der Waals surface area contributed by atoms with Crippen LogP contribution in [0.4, 0.5) is 0 Å². The molecule has 134 valence electrons. The summed E-state index contributed by atoms with van der Waals surface area (Å²) < 4.78 is 6.92. The van der Waals surface area contributed by atoms with E-state index >= 15 is 0 Å². The first kappa shape index (κ1) is 18.0. The van der Waals surface area contributed by atoms with E-state index in [-0.39, 0.29) is 5.92 Å². The Balaban J connectivity index is 1.97. The lowest BCUT2D eigenvalue weighted by Gasteiger charge is -2.12. The van der Waals surface area contributed by atoms with Gasteiger partial charge in [-0.1, -0.05) is 26.0 Å². The number of primary amides is 1. The maximum atomic E-state index is 11.4. The van der Waals surface area contributed by atoms with Gasteiger partial charge in [0.25, 0.3) is 0 Å². The van der Waals surface area contributed by atoms with Gasteiger partial charge in [0.2, 0.25) is 5.91 Å². The number of benzene rings is 2. The Labute approximate surface area is 151 Å². The molecular weight excluding hydrogens is 333 g/mol. The molecule has 0 saturated carbocycles. The maximum absolute atomic E-state index is 11.4. The molecule has 0 spiro atoms. The van der Waals surface area contributed by atoms with E-state index in [4.69, 9.17) is 20.4 Å². The monoisotopic (exact) mass is 353 g/mol. The number of imidazole rings is 1. The summed E-state index contributed by atoms with van der Waals surface area (Å²) in [6, 6.07) is 12.3. The van der Waals surface area contributed by atoms with Gasteiger partial charge in [0.15, 0.2) is 0 Å². The highest BCUT2D eigenvalue weighted by Gasteiger charge is 2.16. The molecule has 0 fully saturated rings. The molecular formula is C18H20BN3O4. The molecule has 0 bridgehead atoms. The lowest BCUT2D eigenvalue weighted by Crippen LogP contribution is -2.20. The number of nitrogens with two attached hydrogens (primary N) is 1. The van der Waals surface area contributed by atoms with Gasteiger partial charge in [-0.3, -0.25) is 4.79 Å². The molecule has 0 atom stereocenters. The molecule has 26 heavy (non-hydrogen) atoms. The smallest absolute Gasteiger partial charge is 0.512 e. The van der Waals surface area contributed by atoms with Gasteiger partial charge in [-0.15, -0.1) is 0 Å². The first-order valence-electron chi connectivity index (χ1n) is 8.27. The first-order valence-corrected chi connectivity index (χ1v) is 8.27. The fourth-order valence-corrected chi connectivity index (χ4v) is 2.89. The molecule has 7 nitrogen and oxygen atoms in total. The third-order valence-electron chi connectivity index (χ3n) is 4.08. The average molecular weight is 353 g/mol. The Bertz CT molecular complexity index is 936. The van der Waals surface area contributed by atoms with Gasteiger partial charge in [-0.2, -0.15) is 0 Å². The Kier molecular flexibility index (Phi) is 4.97. The van der Waals surface area contributed by atoms with Gasteiger partial charge in [-0.05, 0) is 35.9 Å². The highest BCUT2D eigenvalue weighted by atomic mass is 16.6. The van der Waals surface area contributed by atoms with Gasteiger partial charge in [0, 0.05) is 18.0 Å². The van der Waals surface area contributed by atoms with Crippen LogP contribution in [-0.2, 0) is 6.54 Å². The predicted octanol–water partition coefficient (Wildman–Crippen LogP) is 1.66. The SMILES string of the molecule is CC(C)c1nc2cc(C(N)=O)ccc2n1Cc1ccc(OB(O)O)cc1. The Morgan fingerprint density at radius 2 is 1.92 bits per heavy atom. The van der Waals surface area contributed by atoms with E-state index in [1.54, 1.807) is 24.3 Å². The van der Waals surface area contributed by atoms with E-state index in [1.165, 1.54) is 0 Å². The molecule has 0 radical (unpaired) electrons. The summed E-state index contributed by atoms with van der Waals surface area (Å²) >= 11 is 0. The van der Waals surface area contributed by atoms with Gasteiger partial charge >= 0.3 is 7.32 Å². The summed E-state index contributed by atoms with van der Waals surface area (Å²) in [5.41, 5.74) is 8.45. The number of aromatic nitrogens is 2. The minimum atomic E-state index is -1.84. The van der Waals surface area contributed by atoms with Crippen molar-refractivity contribution in [2.45, 2.75) is 26.3 Å². The normalized spacial score (nSPS) is 11.1. The molecule has 0 unspecified atom stereocenters. The van der Waals surface area contributed by atoms with Crippen molar-refractivity contribution in [2.75, 3.05) is 0 Å². The maximum Gasteiger partial charge on any atom is 0.707 e. The zero-order valence-electron chi connectivity index (χ0n) is 14.6. The van der Waals surface area contributed by atoms with Crippen molar-refractivity contribution < 1.29 is 19.5 Å². The van der Waals surface area contributed by atoms with Crippen LogP contribution in [0.3, 0.4) is 0 Å². The largest absolute Gasteiger partial charge is 0.707 e. The molecule has 0 aliphatic heterocycles. The molecule has 2 aromatic carbocycles. The van der Waals surface area contributed by atoms with Crippen LogP contribution in [0.1, 0.15) is 41.5 Å². The summed E-state index contributed by atoms with van der Waals surface area (Å²) in [6.07, 6.45) is 0. The van der Waals surface area contributed by atoms with E-state index in [0.717, 1.165) is 22.4 Å². The first-order chi connectivity index (χ1) is 12.3. The molecule has 1 heterocycles. The lowest BCUT2D eigenvalue weighted by molar-refractivity contribution is 0.100. The highest BCUT2D eigenvalue weighted by Crippen LogP contribution is 2.24. The average Bonchev–Trinajstić information content (AvgIpc) is 2.94. The highest BCUT2D eigenvalue weighted by molar-refractivity contribution is 6.33. The fourth-order valence-electron chi connectivity index (χ4n) is 2.89. The van der Waals surface area contributed by atoms with Gasteiger partial charge in [-0.25, -0.2) is 4.98 Å². The minimum absolute atomic E-state index is 0.201. The summed E-state index contributed by atoms with van der Waals surface area (Å²) in [7, 11) is -1.84. The summed E-state index contributed by atoms with van der Waals surface area (Å²) in [6.45, 7) is 4.71. The van der Waals surface area contributed by atoms with Crippen LogP contribution in [-0.4, -0.2) is 32.8 Å². The Hall–Kier alpha value is -2.84. The van der Waals surface area contributed by atoms with E-state index in [0.29, 0.717) is 17.9 Å². The van der Waals surface area contributed by atoms with Crippen molar-refractivity contribution in [1.82, 2.24) is 9.55 Å². The minimum Gasteiger partial charge on any atom is -0.512 e. The van der Waals surface area contributed by atoms with Gasteiger partial charge in [0.1, 0.15) is 11.6 Å². The number of hydrogen-bond acceptors (Lipinski definition) is 5. The second-order valence-electron chi connectivity index (χ2n) is 6.37. The molecule has 1 amide bonds. The molecule has 0 saturated heterocycles. The van der Waals surface area contributed by atoms with Crippen molar-refractivity contribution in [3.05, 3.63) is 59.4 Å². The number of amides is 1. The van der Waals surface area contributed by atoms with E-state index in [1.807, 2.05) is 18.2 Å². The number of nitrogens with zero attached hydrogens (tertiary/aromatic N) is 2. The van der Waals surface area contributed by atoms with E-state index in [9.17, 15) is 4.79 Å². The van der Waals surface area contributed by atoms with Crippen molar-refractivity contribution in [2.24, 2.45) is 5.73 Å². The van der Waals surface area contributed by atoms with Crippen LogP contribution >= 0.6 is 0 Å². The molecule has 1 aromatic heterocycles. The molecule has 3 aromatic rings. The number of rotatable bonds is 6. The number of carbonyl (C=O) groups is 1. The van der Waals surface area contributed by atoms with Crippen LogP contribution < -0.4 is 10.4 Å². The second-order valence-corrected chi connectivity index (χ2v) is 6.37. The van der Waals surface area contributed by atoms with Crippen LogP contribution in [0.15, 0.2) is 42.5 Å². The van der Waals surface area contributed by atoms with Crippen LogP contribution in [0.2, 0.25) is 0 Å². The number of carbonyl (C=O) groups excluding carboxylic acids is 1. The van der Waals surface area contributed by atoms with Crippen molar-refractivity contribution >= 4 is 24.3 Å². The zero-order valence-corrected chi connectivity index (χ0v) is 14.6. The number of hydrogen-bond donors (Lipinski definition) is 3. The van der Waals surface area contributed by atoms with Crippen molar-refractivity contribution in [1.29, 1.82) is 0 Å². The molecule has 3 rings (SSSR count). The number of fused-ring (bicyclic) bond motifs is 1. The zero-order chi connectivity index (χ0) is 18.8. The third kappa shape index (κ3) is 3.71. The summed E-state index contributed by atoms with van der Waals surface area (Å²) in [5, 5.41) is 17.7. The Morgan fingerprint density at radius 1 is 1.23 bits per heavy atom. The van der Waals surface area contributed by atoms with Crippen LogP contribution in [0, 0.1) is 0 Å². The van der Waals surface area contributed by atoms with E-state index < -0.39 is 13.2 Å². The molecule has 8 heteroatoms. The third-order valence-corrected chi connectivity index (χ3v) is 4.08. The molecule has 4 N–H and O–H groups in total. The van der Waals surface area contributed by atoms with Crippen LogP contribution in [0.5, 0.6) is 5.75 Å². The van der Waals surface area contributed by atoms with E-state index in [2.05, 4.69) is 23.4 Å². The topological polar surface area (TPSA) is 111 Å². The molecule has 0 aliphatic rings. The Morgan fingerprint density at radius 3 is 2.50 bits per heavy atom. The van der Waals surface area contributed by atoms with Crippen molar-refractivity contribution in [3.8, 4) is 5.75 Å². The standard InChI is InChI=1S/C18H20BN3O4/c1-11(2)18-21-15-9-13(17(20)23)5-8-16(15)22(18)10-12-3-6-14(7-4-12)26-19(24)25/h3-9,11,24-25H,10H2,1-2H3,(H2,20,23). The summed E-state index contributed by atoms with van der Waals surface area (Å²) in [5.74, 6) is 1.00. The van der Waals surface area contributed by atoms with Crippen LogP contribution in [0.25, 0.3) is 11.0 Å². The van der Waals surface area contributed by atoms with Gasteiger partial charge in [0.05, 0.1) is 11.0 Å². The van der Waals surface area contributed by atoms with Crippen molar-refractivity contribution in [3.63, 3.8) is 0 Å². The fraction of sp³-hybridized carbons (Fsp3) is 0.222. The van der Waals surface area contributed by atoms with Gasteiger partial charge < -0.3 is 25.0 Å². The summed E-state index contributed by atoms with van der Waals surface area (Å²) in [4.78, 5) is 16.1. The lowest BCUT2D eigenvalue weighted by atomic mass is 10.1. The molecule has 0 aliphatic carbocycles. The quantitative estimate of drug-likeness (QED) is 0.584. The predicted molar refractivity (Wildman–Crippen MR) is 98.7 cm³/mol. The second kappa shape index (κ2) is 7.19.